The third-order valence-electron chi connectivity index (χ3n) is 4.77. The molecule has 0 aliphatic carbocycles. The van der Waals surface area contributed by atoms with E-state index in [1.165, 1.54) is 5.69 Å². The van der Waals surface area contributed by atoms with Crippen LogP contribution in [-0.4, -0.2) is 59.5 Å². The van der Waals surface area contributed by atoms with Gasteiger partial charge in [-0.15, -0.1) is 36.2 Å². The monoisotopic (exact) mass is 394 g/mol. The minimum absolute atomic E-state index is 0. The molecule has 0 spiro atoms. The molecule has 138 valence electrons. The van der Waals surface area contributed by atoms with Crippen LogP contribution in [0.4, 0.5) is 0 Å². The van der Waals surface area contributed by atoms with Gasteiger partial charge in [0.25, 0.3) is 0 Å². The topological polar surface area (TPSA) is 48.5 Å². The molecule has 1 aromatic heterocycles. The first-order valence-corrected chi connectivity index (χ1v) is 9.16. The van der Waals surface area contributed by atoms with E-state index >= 15 is 0 Å². The van der Waals surface area contributed by atoms with Crippen molar-refractivity contribution in [1.29, 1.82) is 0 Å². The predicted molar refractivity (Wildman–Crippen MR) is 103 cm³/mol. The van der Waals surface area contributed by atoms with Crippen molar-refractivity contribution < 1.29 is 4.79 Å². The fourth-order valence-electron chi connectivity index (χ4n) is 3.45. The fourth-order valence-corrected chi connectivity index (χ4v) is 4.05. The van der Waals surface area contributed by atoms with Crippen molar-refractivity contribution in [3.8, 4) is 0 Å². The number of hydrogen-bond acceptors (Lipinski definition) is 5. The van der Waals surface area contributed by atoms with Crippen molar-refractivity contribution in [2.75, 3.05) is 32.7 Å². The lowest BCUT2D eigenvalue weighted by molar-refractivity contribution is -0.140. The Balaban J connectivity index is 0.00000144. The molecule has 3 heterocycles. The van der Waals surface area contributed by atoms with E-state index in [0.717, 1.165) is 57.1 Å². The number of carbonyl (C=O) groups is 1. The lowest BCUT2D eigenvalue weighted by atomic mass is 9.94. The summed E-state index contributed by atoms with van der Waals surface area (Å²) in [6.07, 6.45) is 1.97. The van der Waals surface area contributed by atoms with Gasteiger partial charge in [-0.25, -0.2) is 4.98 Å². The number of piperazine rings is 1. The Kier molecular flexibility index (Phi) is 8.95. The summed E-state index contributed by atoms with van der Waals surface area (Å²) < 4.78 is 0. The van der Waals surface area contributed by atoms with Crippen LogP contribution in [0.15, 0.2) is 5.38 Å². The molecule has 0 saturated carbocycles. The van der Waals surface area contributed by atoms with Crippen LogP contribution in [-0.2, 0) is 11.3 Å². The van der Waals surface area contributed by atoms with E-state index < -0.39 is 0 Å². The Morgan fingerprint density at radius 1 is 1.33 bits per heavy atom. The number of amides is 1. The highest BCUT2D eigenvalue weighted by atomic mass is 35.5. The Morgan fingerprint density at radius 3 is 2.62 bits per heavy atom. The van der Waals surface area contributed by atoms with E-state index in [2.05, 4.69) is 32.4 Å². The molecule has 1 N–H and O–H groups in total. The second kappa shape index (κ2) is 9.92. The summed E-state index contributed by atoms with van der Waals surface area (Å²) in [5, 5.41) is 6.63. The van der Waals surface area contributed by atoms with E-state index in [1.54, 1.807) is 11.3 Å². The number of carbonyl (C=O) groups excluding carboxylic acids is 1. The molecule has 8 heteroatoms. The van der Waals surface area contributed by atoms with Crippen LogP contribution in [0.2, 0.25) is 0 Å². The number of thiazole rings is 1. The van der Waals surface area contributed by atoms with Crippen LogP contribution < -0.4 is 5.32 Å². The largest absolute Gasteiger partial charge is 0.337 e. The molecule has 0 radical (unpaired) electrons. The third kappa shape index (κ3) is 5.30. The molecular formula is C16H28Cl2N4OS. The number of nitrogens with zero attached hydrogens (tertiary/aromatic N) is 3. The number of nitrogens with one attached hydrogen (secondary N) is 1. The van der Waals surface area contributed by atoms with Crippen LogP contribution in [0.5, 0.6) is 0 Å². The summed E-state index contributed by atoms with van der Waals surface area (Å²) in [5.41, 5.74) is 1.17. The number of likely N-dealkylation sites (tertiary alicyclic amines) is 1. The standard InChI is InChI=1S/C16H26N4OS.2ClH/c1-12-9-17-5-8-20(12)16(21)14-3-6-19(7-4-14)10-15-11-22-13(2)18-15;;/h11-12,14,17H,3-10H2,1-2H3;2*1H/t12-;;/m1../s1. The van der Waals surface area contributed by atoms with E-state index in [1.807, 2.05) is 6.92 Å². The van der Waals surface area contributed by atoms with Gasteiger partial charge >= 0.3 is 0 Å². The molecule has 3 rings (SSSR count). The number of halogens is 2. The van der Waals surface area contributed by atoms with Gasteiger partial charge in [-0.3, -0.25) is 9.69 Å². The Bertz CT molecular complexity index is 520. The van der Waals surface area contributed by atoms with Crippen LogP contribution in [0, 0.1) is 12.8 Å². The summed E-state index contributed by atoms with van der Waals surface area (Å²) in [6.45, 7) is 9.85. The maximum atomic E-state index is 12.7. The van der Waals surface area contributed by atoms with Gasteiger partial charge in [0.15, 0.2) is 0 Å². The Hall–Kier alpha value is -0.400. The van der Waals surface area contributed by atoms with Gasteiger partial charge in [0.2, 0.25) is 5.91 Å². The quantitative estimate of drug-likeness (QED) is 0.854. The zero-order valence-corrected chi connectivity index (χ0v) is 16.8. The molecule has 1 aromatic rings. The highest BCUT2D eigenvalue weighted by Crippen LogP contribution is 2.23. The second-order valence-electron chi connectivity index (χ2n) is 6.49. The average molecular weight is 395 g/mol. The molecule has 2 aliphatic heterocycles. The Morgan fingerprint density at radius 2 is 2.04 bits per heavy atom. The average Bonchev–Trinajstić information content (AvgIpc) is 2.93. The van der Waals surface area contributed by atoms with Crippen LogP contribution in [0.3, 0.4) is 0 Å². The van der Waals surface area contributed by atoms with Crippen molar-refractivity contribution >= 4 is 42.1 Å². The van der Waals surface area contributed by atoms with Crippen LogP contribution >= 0.6 is 36.2 Å². The first-order chi connectivity index (χ1) is 10.6. The first kappa shape index (κ1) is 21.6. The zero-order chi connectivity index (χ0) is 15.5. The van der Waals surface area contributed by atoms with E-state index in [9.17, 15) is 4.79 Å². The zero-order valence-electron chi connectivity index (χ0n) is 14.4. The minimum atomic E-state index is 0. The van der Waals surface area contributed by atoms with Gasteiger partial charge in [-0.05, 0) is 39.8 Å². The molecule has 2 saturated heterocycles. The van der Waals surface area contributed by atoms with E-state index in [4.69, 9.17) is 0 Å². The number of hydrogen-bond donors (Lipinski definition) is 1. The summed E-state index contributed by atoms with van der Waals surface area (Å²) in [6, 6.07) is 0.331. The lowest BCUT2D eigenvalue weighted by Crippen LogP contribution is -2.54. The molecule has 2 fully saturated rings. The van der Waals surface area contributed by atoms with Gasteiger partial charge in [0, 0.05) is 43.5 Å². The highest BCUT2D eigenvalue weighted by Gasteiger charge is 2.31. The van der Waals surface area contributed by atoms with Crippen molar-refractivity contribution in [2.45, 2.75) is 39.3 Å². The van der Waals surface area contributed by atoms with Crippen molar-refractivity contribution in [2.24, 2.45) is 5.92 Å². The van der Waals surface area contributed by atoms with E-state index in [0.29, 0.717) is 11.9 Å². The number of piperidine rings is 1. The Labute approximate surface area is 161 Å². The molecule has 5 nitrogen and oxygen atoms in total. The third-order valence-corrected chi connectivity index (χ3v) is 5.60. The van der Waals surface area contributed by atoms with Gasteiger partial charge in [0.05, 0.1) is 10.7 Å². The minimum Gasteiger partial charge on any atom is -0.337 e. The molecule has 0 bridgehead atoms. The van der Waals surface area contributed by atoms with Gasteiger partial charge in [-0.2, -0.15) is 0 Å². The maximum Gasteiger partial charge on any atom is 0.226 e. The molecule has 1 atom stereocenters. The molecule has 0 unspecified atom stereocenters. The van der Waals surface area contributed by atoms with Crippen molar-refractivity contribution in [3.63, 3.8) is 0 Å². The first-order valence-electron chi connectivity index (χ1n) is 8.28. The van der Waals surface area contributed by atoms with Gasteiger partial charge < -0.3 is 10.2 Å². The summed E-state index contributed by atoms with van der Waals surface area (Å²) in [7, 11) is 0. The summed E-state index contributed by atoms with van der Waals surface area (Å²) in [5.74, 6) is 0.590. The van der Waals surface area contributed by atoms with Crippen molar-refractivity contribution in [1.82, 2.24) is 20.1 Å². The lowest BCUT2D eigenvalue weighted by Gasteiger charge is -2.38. The predicted octanol–water partition coefficient (Wildman–Crippen LogP) is 2.33. The van der Waals surface area contributed by atoms with Gasteiger partial charge in [-0.1, -0.05) is 0 Å². The summed E-state index contributed by atoms with van der Waals surface area (Å²) in [4.78, 5) is 21.8. The molecule has 0 aromatic carbocycles. The van der Waals surface area contributed by atoms with Crippen molar-refractivity contribution in [3.05, 3.63) is 16.1 Å². The van der Waals surface area contributed by atoms with E-state index in [-0.39, 0.29) is 30.7 Å². The molecular weight excluding hydrogens is 367 g/mol. The number of rotatable bonds is 3. The normalized spacial score (nSPS) is 22.6. The molecule has 1 amide bonds. The molecule has 24 heavy (non-hydrogen) atoms. The fraction of sp³-hybridized carbons (Fsp3) is 0.750. The summed E-state index contributed by atoms with van der Waals surface area (Å²) >= 11 is 1.71. The second-order valence-corrected chi connectivity index (χ2v) is 7.56. The van der Waals surface area contributed by atoms with Crippen LogP contribution in [0.1, 0.15) is 30.5 Å². The smallest absolute Gasteiger partial charge is 0.226 e. The SMILES string of the molecule is Cc1nc(CN2CCC(C(=O)N3CCNC[C@H]3C)CC2)cs1.Cl.Cl. The maximum absolute atomic E-state index is 12.7. The van der Waals surface area contributed by atoms with Gasteiger partial charge in [0.1, 0.15) is 0 Å². The highest BCUT2D eigenvalue weighted by molar-refractivity contribution is 7.09. The molecule has 2 aliphatic rings. The number of aromatic nitrogens is 1. The van der Waals surface area contributed by atoms with Crippen LogP contribution in [0.25, 0.3) is 0 Å². The number of aryl methyl sites for hydroxylation is 1.